The van der Waals surface area contributed by atoms with Gasteiger partial charge in [0.2, 0.25) is 11.8 Å². The van der Waals surface area contributed by atoms with E-state index >= 15 is 0 Å². The second-order valence-corrected chi connectivity index (χ2v) is 8.71. The number of piperidine rings is 3. The van der Waals surface area contributed by atoms with Crippen molar-refractivity contribution in [3.8, 4) is 0 Å². The predicted molar refractivity (Wildman–Crippen MR) is 102 cm³/mol. The molecular weight excluding hydrogens is 356 g/mol. The van der Waals surface area contributed by atoms with E-state index < -0.39 is 6.04 Å². The third kappa shape index (κ3) is 3.22. The van der Waals surface area contributed by atoms with Gasteiger partial charge in [-0.25, -0.2) is 0 Å². The van der Waals surface area contributed by atoms with Crippen LogP contribution in [0.15, 0.2) is 18.2 Å². The Morgan fingerprint density at radius 2 is 1.86 bits per heavy atom. The molecule has 7 nitrogen and oxygen atoms in total. The van der Waals surface area contributed by atoms with Crippen LogP contribution < -0.4 is 10.6 Å². The zero-order valence-corrected chi connectivity index (χ0v) is 15.9. The molecule has 2 N–H and O–H groups in total. The van der Waals surface area contributed by atoms with E-state index in [0.29, 0.717) is 18.5 Å². The summed E-state index contributed by atoms with van der Waals surface area (Å²) in [7, 11) is 0. The molecule has 4 heterocycles. The number of hydrogen-bond donors (Lipinski definition) is 2. The molecule has 0 aliphatic carbocycles. The number of nitrogens with zero attached hydrogens (tertiary/aromatic N) is 2. The summed E-state index contributed by atoms with van der Waals surface area (Å²) in [5.74, 6) is 0.771. The summed E-state index contributed by atoms with van der Waals surface area (Å²) in [6.45, 7) is 5.85. The van der Waals surface area contributed by atoms with Crippen molar-refractivity contribution < 1.29 is 14.4 Å². The van der Waals surface area contributed by atoms with E-state index in [-0.39, 0.29) is 24.1 Å². The Bertz CT molecular complexity index is 827. The fourth-order valence-corrected chi connectivity index (χ4v) is 5.33. The fraction of sp³-hybridized carbons (Fsp3) is 0.571. The van der Waals surface area contributed by atoms with Crippen molar-refractivity contribution in [1.82, 2.24) is 20.4 Å². The van der Waals surface area contributed by atoms with Crippen LogP contribution in [0.1, 0.15) is 40.7 Å². The van der Waals surface area contributed by atoms with Crippen LogP contribution in [0.3, 0.4) is 0 Å². The fourth-order valence-electron chi connectivity index (χ4n) is 5.33. The van der Waals surface area contributed by atoms with E-state index in [1.54, 1.807) is 4.90 Å². The van der Waals surface area contributed by atoms with Crippen LogP contribution >= 0.6 is 0 Å². The molecule has 1 aromatic carbocycles. The molecule has 28 heavy (non-hydrogen) atoms. The maximum absolute atomic E-state index is 12.8. The van der Waals surface area contributed by atoms with Gasteiger partial charge in [-0.05, 0) is 55.0 Å². The lowest BCUT2D eigenvalue weighted by molar-refractivity contribution is -0.136. The average molecular weight is 382 g/mol. The molecule has 0 spiro atoms. The Morgan fingerprint density at radius 3 is 2.61 bits per heavy atom. The van der Waals surface area contributed by atoms with E-state index in [2.05, 4.69) is 21.6 Å². The summed E-state index contributed by atoms with van der Waals surface area (Å²) in [5, 5.41) is 5.88. The van der Waals surface area contributed by atoms with Crippen molar-refractivity contribution in [1.29, 1.82) is 0 Å². The number of benzene rings is 1. The minimum Gasteiger partial charge on any atom is -0.322 e. The monoisotopic (exact) mass is 382 g/mol. The highest BCUT2D eigenvalue weighted by atomic mass is 16.2. The third-order valence-electron chi connectivity index (χ3n) is 6.56. The molecule has 148 valence electrons. The molecule has 1 aromatic rings. The second-order valence-electron chi connectivity index (χ2n) is 8.71. The molecule has 3 fully saturated rings. The largest absolute Gasteiger partial charge is 0.322 e. The average Bonchev–Trinajstić information content (AvgIpc) is 2.97. The zero-order valence-electron chi connectivity index (χ0n) is 15.9. The predicted octanol–water partition coefficient (Wildman–Crippen LogP) is 0.489. The number of carbonyl (C=O) groups is 3. The molecule has 4 aliphatic rings. The molecule has 5 rings (SSSR count). The summed E-state index contributed by atoms with van der Waals surface area (Å²) < 4.78 is 0. The molecule has 3 atom stereocenters. The van der Waals surface area contributed by atoms with Crippen molar-refractivity contribution in [2.24, 2.45) is 11.8 Å². The zero-order chi connectivity index (χ0) is 19.3. The first-order valence-electron chi connectivity index (χ1n) is 10.3. The molecule has 4 aliphatic heterocycles. The van der Waals surface area contributed by atoms with Crippen molar-refractivity contribution >= 4 is 17.7 Å². The Labute approximate surface area is 164 Å². The molecule has 7 heteroatoms. The van der Waals surface area contributed by atoms with Crippen LogP contribution in [0.2, 0.25) is 0 Å². The number of rotatable bonds is 3. The van der Waals surface area contributed by atoms with Gasteiger partial charge in [-0.15, -0.1) is 0 Å². The Balaban J connectivity index is 1.29. The molecule has 3 amide bonds. The van der Waals surface area contributed by atoms with Gasteiger partial charge in [0.05, 0.1) is 0 Å². The number of fused-ring (bicyclic) bond motifs is 3. The highest BCUT2D eigenvalue weighted by molar-refractivity contribution is 6.05. The SMILES string of the molecule is O=C1CCC(N2Cc3cc(CN4CC5CNCC(C5)C4)ccc3C2=O)C(=O)N1. The van der Waals surface area contributed by atoms with Crippen LogP contribution in [-0.2, 0) is 22.7 Å². The van der Waals surface area contributed by atoms with E-state index in [1.165, 1.54) is 12.0 Å². The van der Waals surface area contributed by atoms with Gasteiger partial charge >= 0.3 is 0 Å². The van der Waals surface area contributed by atoms with Crippen molar-refractivity contribution in [3.63, 3.8) is 0 Å². The number of hydrogen-bond acceptors (Lipinski definition) is 5. The summed E-state index contributed by atoms with van der Waals surface area (Å²) in [5.41, 5.74) is 2.91. The van der Waals surface area contributed by atoms with Crippen LogP contribution in [0, 0.1) is 11.8 Å². The van der Waals surface area contributed by atoms with Gasteiger partial charge in [-0.2, -0.15) is 0 Å². The normalized spacial score (nSPS) is 30.4. The Kier molecular flexibility index (Phi) is 4.44. The summed E-state index contributed by atoms with van der Waals surface area (Å²) in [6.07, 6.45) is 2.03. The van der Waals surface area contributed by atoms with Gasteiger partial charge in [0.25, 0.3) is 5.91 Å². The van der Waals surface area contributed by atoms with Gasteiger partial charge in [-0.3, -0.25) is 24.6 Å². The molecule has 0 radical (unpaired) electrons. The second kappa shape index (κ2) is 6.97. The topological polar surface area (TPSA) is 81.8 Å². The van der Waals surface area contributed by atoms with E-state index in [4.69, 9.17) is 0 Å². The van der Waals surface area contributed by atoms with Crippen LogP contribution in [-0.4, -0.2) is 59.7 Å². The molecule has 0 saturated carbocycles. The molecule has 0 aromatic heterocycles. The van der Waals surface area contributed by atoms with E-state index in [1.807, 2.05) is 12.1 Å². The van der Waals surface area contributed by atoms with Gasteiger partial charge in [0.1, 0.15) is 6.04 Å². The van der Waals surface area contributed by atoms with Gasteiger partial charge in [0, 0.05) is 38.2 Å². The number of carbonyl (C=O) groups excluding carboxylic acids is 3. The van der Waals surface area contributed by atoms with Crippen molar-refractivity contribution in [2.45, 2.75) is 38.4 Å². The Morgan fingerprint density at radius 1 is 1.07 bits per heavy atom. The van der Waals surface area contributed by atoms with Gasteiger partial charge in [0.15, 0.2) is 0 Å². The minimum atomic E-state index is -0.546. The number of likely N-dealkylation sites (tertiary alicyclic amines) is 1. The number of nitrogens with one attached hydrogen (secondary N) is 2. The quantitative estimate of drug-likeness (QED) is 0.744. The van der Waals surface area contributed by atoms with Crippen molar-refractivity contribution in [2.75, 3.05) is 26.2 Å². The highest BCUT2D eigenvalue weighted by Gasteiger charge is 2.39. The van der Waals surface area contributed by atoms with E-state index in [9.17, 15) is 14.4 Å². The highest BCUT2D eigenvalue weighted by Crippen LogP contribution is 2.30. The van der Waals surface area contributed by atoms with Crippen LogP contribution in [0.5, 0.6) is 0 Å². The number of amides is 3. The lowest BCUT2D eigenvalue weighted by Gasteiger charge is -2.41. The Hall–Kier alpha value is -2.25. The number of imide groups is 1. The van der Waals surface area contributed by atoms with Crippen LogP contribution in [0.25, 0.3) is 0 Å². The van der Waals surface area contributed by atoms with E-state index in [0.717, 1.165) is 50.1 Å². The summed E-state index contributed by atoms with van der Waals surface area (Å²) in [6, 6.07) is 5.54. The first-order valence-corrected chi connectivity index (χ1v) is 10.3. The van der Waals surface area contributed by atoms with Gasteiger partial charge in [-0.1, -0.05) is 12.1 Å². The molecular formula is C21H26N4O3. The van der Waals surface area contributed by atoms with Gasteiger partial charge < -0.3 is 10.2 Å². The van der Waals surface area contributed by atoms with Crippen molar-refractivity contribution in [3.05, 3.63) is 34.9 Å². The van der Waals surface area contributed by atoms with Crippen LogP contribution in [0.4, 0.5) is 0 Å². The maximum Gasteiger partial charge on any atom is 0.255 e. The third-order valence-corrected chi connectivity index (χ3v) is 6.56. The maximum atomic E-state index is 12.8. The standard InChI is InChI=1S/C21H26N4O3/c26-19-4-3-18(20(27)23-19)25-12-16-6-13(1-2-17(16)21(25)28)9-24-10-14-5-15(11-24)8-22-7-14/h1-2,6,14-15,18,22H,3-5,7-12H2,(H,23,26,27). The lowest BCUT2D eigenvalue weighted by atomic mass is 9.85. The molecule has 3 unspecified atom stereocenters. The smallest absolute Gasteiger partial charge is 0.255 e. The first kappa shape index (κ1) is 17.8. The molecule has 2 bridgehead atoms. The summed E-state index contributed by atoms with van der Waals surface area (Å²) in [4.78, 5) is 40.5. The molecule has 3 saturated heterocycles. The minimum absolute atomic E-state index is 0.102. The summed E-state index contributed by atoms with van der Waals surface area (Å²) >= 11 is 0. The lowest BCUT2D eigenvalue weighted by Crippen LogP contribution is -2.52. The first-order chi connectivity index (χ1) is 13.6.